The summed E-state index contributed by atoms with van der Waals surface area (Å²) in [6, 6.07) is 4.03. The first-order valence-electron chi connectivity index (χ1n) is 9.76. The number of fused-ring (bicyclic) bond motifs is 1. The molecule has 13 heteroatoms. The van der Waals surface area contributed by atoms with Gasteiger partial charge in [0.1, 0.15) is 23.2 Å². The van der Waals surface area contributed by atoms with Gasteiger partial charge in [0, 0.05) is 22.9 Å². The molecule has 2 amide bonds. The van der Waals surface area contributed by atoms with Crippen molar-refractivity contribution in [1.29, 1.82) is 0 Å². The Labute approximate surface area is 200 Å². The van der Waals surface area contributed by atoms with Crippen molar-refractivity contribution < 1.29 is 27.9 Å². The summed E-state index contributed by atoms with van der Waals surface area (Å²) in [4.78, 5) is 38.5. The number of aliphatic carboxylic acids is 1. The van der Waals surface area contributed by atoms with Crippen LogP contribution in [0.5, 0.6) is 0 Å². The molecule has 3 atom stereocenters. The summed E-state index contributed by atoms with van der Waals surface area (Å²) in [7, 11) is -3.50. The summed E-state index contributed by atoms with van der Waals surface area (Å²) in [6.07, 6.45) is 2.73. The number of rotatable bonds is 10. The lowest BCUT2D eigenvalue weighted by atomic mass is 10.0. The number of benzene rings is 1. The van der Waals surface area contributed by atoms with Gasteiger partial charge in [-0.1, -0.05) is 18.2 Å². The number of nitrogens with zero attached hydrogens (tertiary/aromatic N) is 1. The van der Waals surface area contributed by atoms with E-state index in [1.807, 2.05) is 0 Å². The van der Waals surface area contributed by atoms with E-state index in [-0.39, 0.29) is 11.4 Å². The van der Waals surface area contributed by atoms with Crippen molar-refractivity contribution in [3.63, 3.8) is 0 Å². The molecule has 33 heavy (non-hydrogen) atoms. The Kier molecular flexibility index (Phi) is 7.77. The van der Waals surface area contributed by atoms with Crippen LogP contribution >= 0.6 is 23.5 Å². The fourth-order valence-electron chi connectivity index (χ4n) is 3.46. The maximum Gasteiger partial charge on any atom is 0.352 e. The second-order valence-electron chi connectivity index (χ2n) is 7.43. The number of nitrogens with one attached hydrogen (secondary N) is 2. The average Bonchev–Trinajstić information content (AvgIpc) is 2.75. The zero-order valence-electron chi connectivity index (χ0n) is 17.7. The van der Waals surface area contributed by atoms with Crippen molar-refractivity contribution in [2.24, 2.45) is 5.73 Å². The van der Waals surface area contributed by atoms with Crippen LogP contribution in [-0.2, 0) is 24.4 Å². The van der Waals surface area contributed by atoms with E-state index in [1.54, 1.807) is 18.2 Å². The minimum atomic E-state index is -3.50. The number of thioether (sulfide) groups is 2. The molecule has 178 valence electrons. The Hall–Kier alpha value is -2.48. The highest BCUT2D eigenvalue weighted by atomic mass is 32.2. The molecule has 1 saturated heterocycles. The lowest BCUT2D eigenvalue weighted by molar-refractivity contribution is -0.150. The predicted molar refractivity (Wildman–Crippen MR) is 129 cm³/mol. The number of anilines is 1. The van der Waals surface area contributed by atoms with Gasteiger partial charge in [-0.2, -0.15) is 11.8 Å². The lowest BCUT2D eigenvalue weighted by Crippen LogP contribution is -2.71. The van der Waals surface area contributed by atoms with Gasteiger partial charge in [-0.15, -0.1) is 18.3 Å². The van der Waals surface area contributed by atoms with Gasteiger partial charge in [-0.25, -0.2) is 13.2 Å². The van der Waals surface area contributed by atoms with E-state index in [4.69, 9.17) is 5.73 Å². The number of carbonyl (C=O) groups is 3. The molecule has 0 saturated carbocycles. The fraction of sp³-hybridized carbons (Fsp3) is 0.350. The molecular weight excluding hydrogens is 488 g/mol. The summed E-state index contributed by atoms with van der Waals surface area (Å²) in [5.74, 6) is -0.758. The number of carboxylic acid groups (broad SMARTS) is 1. The third kappa shape index (κ3) is 5.72. The molecule has 2 aliphatic heterocycles. The second-order valence-corrected chi connectivity index (χ2v) is 11.3. The number of carboxylic acids is 1. The normalized spacial score (nSPS) is 21.0. The van der Waals surface area contributed by atoms with E-state index < -0.39 is 45.3 Å². The summed E-state index contributed by atoms with van der Waals surface area (Å²) in [5, 5.41) is 11.7. The van der Waals surface area contributed by atoms with E-state index in [2.05, 4.69) is 16.6 Å². The van der Waals surface area contributed by atoms with Gasteiger partial charge in [0.05, 0.1) is 6.26 Å². The van der Waals surface area contributed by atoms with Gasteiger partial charge in [-0.3, -0.25) is 19.2 Å². The lowest BCUT2D eigenvalue weighted by Gasteiger charge is -2.49. The van der Waals surface area contributed by atoms with Gasteiger partial charge < -0.3 is 16.2 Å². The second kappa shape index (κ2) is 10.2. The van der Waals surface area contributed by atoms with E-state index in [0.29, 0.717) is 28.4 Å². The molecule has 1 fully saturated rings. The first-order chi connectivity index (χ1) is 15.5. The van der Waals surface area contributed by atoms with Crippen LogP contribution in [0, 0.1) is 0 Å². The molecule has 10 nitrogen and oxygen atoms in total. The maximum absolute atomic E-state index is 12.8. The number of amides is 2. The Morgan fingerprint density at radius 3 is 2.82 bits per heavy atom. The molecule has 0 radical (unpaired) electrons. The smallest absolute Gasteiger partial charge is 0.352 e. The number of β-lactam (4-membered cyclic amide) rings is 1. The summed E-state index contributed by atoms with van der Waals surface area (Å²) >= 11 is 2.89. The first-order valence-corrected chi connectivity index (χ1v) is 13.9. The Morgan fingerprint density at radius 2 is 2.18 bits per heavy atom. The van der Waals surface area contributed by atoms with Crippen LogP contribution < -0.4 is 15.8 Å². The topological polar surface area (TPSA) is 159 Å². The molecular formula is C20H24N4O6S3. The molecule has 5 N–H and O–H groups in total. The number of nitrogens with two attached hydrogens (primary N) is 1. The van der Waals surface area contributed by atoms with E-state index in [0.717, 1.165) is 6.26 Å². The highest BCUT2D eigenvalue weighted by molar-refractivity contribution is 8.01. The third-order valence-corrected chi connectivity index (χ3v) is 7.86. The van der Waals surface area contributed by atoms with Crippen molar-refractivity contribution in [2.45, 2.75) is 17.5 Å². The van der Waals surface area contributed by atoms with Crippen LogP contribution in [0.2, 0.25) is 0 Å². The van der Waals surface area contributed by atoms with E-state index in [9.17, 15) is 27.9 Å². The van der Waals surface area contributed by atoms with Crippen molar-refractivity contribution in [2.75, 3.05) is 28.2 Å². The summed E-state index contributed by atoms with van der Waals surface area (Å²) < 4.78 is 25.2. The predicted octanol–water partition coefficient (Wildman–Crippen LogP) is 0.716. The number of carbonyl (C=O) groups excluding carboxylic acids is 2. The van der Waals surface area contributed by atoms with Crippen molar-refractivity contribution in [3.05, 3.63) is 53.8 Å². The van der Waals surface area contributed by atoms with Crippen LogP contribution in [0.3, 0.4) is 0 Å². The standard InChI is InChI=1S/C20H24N4O6S3/c1-3-7-31-9-12-10-32-19-15(18(26)24(19)16(12)20(27)28)22-17(25)14(21)11-5-4-6-13(8-11)23-33(2,29)30/h3-6,8,14-15,19,23H,1,7,9-10,21H2,2H3,(H,22,25)(H,27,28)/t14-,15?,19+/m1/s1. The van der Waals surface area contributed by atoms with Gasteiger partial charge in [0.25, 0.3) is 5.91 Å². The fourth-order valence-corrected chi connectivity index (χ4v) is 6.26. The van der Waals surface area contributed by atoms with Crippen LogP contribution in [0.15, 0.2) is 48.2 Å². The number of sulfonamides is 1. The zero-order valence-corrected chi connectivity index (χ0v) is 20.1. The summed E-state index contributed by atoms with van der Waals surface area (Å²) in [5.41, 5.74) is 7.27. The third-order valence-electron chi connectivity index (χ3n) is 4.89. The first kappa shape index (κ1) is 25.1. The molecule has 1 aromatic carbocycles. The highest BCUT2D eigenvalue weighted by Crippen LogP contribution is 2.41. The Bertz CT molecular complexity index is 1120. The molecule has 1 aromatic rings. The minimum Gasteiger partial charge on any atom is -0.477 e. The molecule has 0 spiro atoms. The van der Waals surface area contributed by atoms with Crippen LogP contribution in [0.1, 0.15) is 11.6 Å². The molecule has 2 aliphatic rings. The van der Waals surface area contributed by atoms with Gasteiger partial charge in [0.15, 0.2) is 0 Å². The average molecular weight is 513 g/mol. The van der Waals surface area contributed by atoms with Crippen molar-refractivity contribution in [3.8, 4) is 0 Å². The molecule has 0 aromatic heterocycles. The van der Waals surface area contributed by atoms with Gasteiger partial charge in [0.2, 0.25) is 15.9 Å². The minimum absolute atomic E-state index is 0.0327. The van der Waals surface area contributed by atoms with Gasteiger partial charge >= 0.3 is 5.97 Å². The molecule has 2 heterocycles. The SMILES string of the molecule is C=CCSCC1=C(C(=O)O)N2C(=O)C(NC(=O)[C@H](N)c3cccc(NS(C)(=O)=O)c3)[C@@H]2SC1. The Morgan fingerprint density at radius 1 is 1.45 bits per heavy atom. The number of hydrogen-bond donors (Lipinski definition) is 4. The highest BCUT2D eigenvalue weighted by Gasteiger charge is 2.54. The van der Waals surface area contributed by atoms with Crippen molar-refractivity contribution >= 4 is 57.0 Å². The Balaban J connectivity index is 1.70. The molecule has 1 unspecified atom stereocenters. The van der Waals surface area contributed by atoms with Crippen LogP contribution in [0.4, 0.5) is 5.69 Å². The van der Waals surface area contributed by atoms with Gasteiger partial charge in [-0.05, 0) is 23.3 Å². The molecule has 0 aliphatic carbocycles. The van der Waals surface area contributed by atoms with E-state index in [1.165, 1.54) is 40.6 Å². The van der Waals surface area contributed by atoms with Crippen molar-refractivity contribution in [1.82, 2.24) is 10.2 Å². The molecule has 0 bridgehead atoms. The van der Waals surface area contributed by atoms with Crippen LogP contribution in [-0.4, -0.2) is 71.1 Å². The maximum atomic E-state index is 12.8. The molecule has 3 rings (SSSR count). The summed E-state index contributed by atoms with van der Waals surface area (Å²) in [6.45, 7) is 3.64. The zero-order chi connectivity index (χ0) is 24.3. The van der Waals surface area contributed by atoms with Crippen LogP contribution in [0.25, 0.3) is 0 Å². The quantitative estimate of drug-likeness (QED) is 0.201. The van der Waals surface area contributed by atoms with E-state index >= 15 is 0 Å². The monoisotopic (exact) mass is 512 g/mol. The number of hydrogen-bond acceptors (Lipinski definition) is 8. The largest absolute Gasteiger partial charge is 0.477 e.